The van der Waals surface area contributed by atoms with Crippen LogP contribution in [0.5, 0.6) is 0 Å². The molecule has 1 aliphatic heterocycles. The van der Waals surface area contributed by atoms with Crippen LogP contribution in [-0.2, 0) is 19.0 Å². The van der Waals surface area contributed by atoms with Crippen LogP contribution < -0.4 is 0 Å². The summed E-state index contributed by atoms with van der Waals surface area (Å²) in [5, 5.41) is 0. The van der Waals surface area contributed by atoms with Crippen molar-refractivity contribution < 1.29 is 19.0 Å². The number of hydrogen-bond donors (Lipinski definition) is 0. The Balaban J connectivity index is 1.91. The molecule has 0 N–H and O–H groups in total. The molecule has 0 aromatic rings. The van der Waals surface area contributed by atoms with Crippen molar-refractivity contribution in [2.45, 2.75) is 39.4 Å². The van der Waals surface area contributed by atoms with Gasteiger partial charge in [0.1, 0.15) is 0 Å². The van der Waals surface area contributed by atoms with Gasteiger partial charge in [0.25, 0.3) is 0 Å². The summed E-state index contributed by atoms with van der Waals surface area (Å²) in [5.74, 6) is 0.292. The summed E-state index contributed by atoms with van der Waals surface area (Å²) in [7, 11) is 1.44. The normalized spacial score (nSPS) is 33.4. The third kappa shape index (κ3) is 2.47. The second-order valence-corrected chi connectivity index (χ2v) is 5.85. The third-order valence-corrected chi connectivity index (χ3v) is 4.39. The topological polar surface area (TPSA) is 44.8 Å². The molecule has 0 spiro atoms. The number of esters is 1. The number of carbonyl (C=O) groups is 1. The zero-order valence-corrected chi connectivity index (χ0v) is 11.1. The van der Waals surface area contributed by atoms with Gasteiger partial charge in [-0.2, -0.15) is 0 Å². The Hall–Kier alpha value is -0.610. The molecular formula is C13H22O4. The van der Waals surface area contributed by atoms with E-state index in [1.165, 1.54) is 7.11 Å². The average Bonchev–Trinajstić information content (AvgIpc) is 2.67. The Bertz CT molecular complexity index is 305. The van der Waals surface area contributed by atoms with Crippen LogP contribution in [-0.4, -0.2) is 32.1 Å². The first-order chi connectivity index (χ1) is 7.89. The summed E-state index contributed by atoms with van der Waals surface area (Å²) in [6, 6.07) is 0. The van der Waals surface area contributed by atoms with Gasteiger partial charge in [-0.05, 0) is 24.2 Å². The first-order valence-corrected chi connectivity index (χ1v) is 6.24. The van der Waals surface area contributed by atoms with Crippen molar-refractivity contribution in [2.24, 2.45) is 17.3 Å². The second kappa shape index (κ2) is 4.25. The van der Waals surface area contributed by atoms with E-state index in [0.717, 1.165) is 6.42 Å². The summed E-state index contributed by atoms with van der Waals surface area (Å²) in [6.45, 7) is 7.73. The standard InChI is InChI=1S/C13H22O4/c1-12(2)9(7-11(14)15-4)10(12)8-13(3)16-5-6-17-13/h9-10H,5-8H2,1-4H3/t9-,10+/m1/s1. The molecule has 1 saturated carbocycles. The van der Waals surface area contributed by atoms with Crippen molar-refractivity contribution in [3.63, 3.8) is 0 Å². The Kier molecular flexibility index (Phi) is 3.21. The summed E-state index contributed by atoms with van der Waals surface area (Å²) >= 11 is 0. The lowest BCUT2D eigenvalue weighted by molar-refractivity contribution is -0.152. The van der Waals surface area contributed by atoms with E-state index in [2.05, 4.69) is 13.8 Å². The minimum absolute atomic E-state index is 0.121. The molecule has 98 valence electrons. The fourth-order valence-corrected chi connectivity index (χ4v) is 3.01. The summed E-state index contributed by atoms with van der Waals surface area (Å²) in [4.78, 5) is 11.3. The van der Waals surface area contributed by atoms with E-state index in [4.69, 9.17) is 14.2 Å². The fraction of sp³-hybridized carbons (Fsp3) is 0.923. The first-order valence-electron chi connectivity index (χ1n) is 6.24. The zero-order valence-electron chi connectivity index (χ0n) is 11.1. The van der Waals surface area contributed by atoms with Crippen LogP contribution in [0.2, 0.25) is 0 Å². The lowest BCUT2D eigenvalue weighted by Crippen LogP contribution is -2.27. The van der Waals surface area contributed by atoms with Crippen LogP contribution in [0.4, 0.5) is 0 Å². The van der Waals surface area contributed by atoms with Gasteiger partial charge in [0.2, 0.25) is 0 Å². The molecule has 2 fully saturated rings. The molecule has 4 heteroatoms. The van der Waals surface area contributed by atoms with Gasteiger partial charge in [-0.25, -0.2) is 0 Å². The van der Waals surface area contributed by atoms with Crippen molar-refractivity contribution in [1.29, 1.82) is 0 Å². The Morgan fingerprint density at radius 3 is 2.35 bits per heavy atom. The minimum Gasteiger partial charge on any atom is -0.469 e. The molecule has 0 unspecified atom stereocenters. The van der Waals surface area contributed by atoms with Crippen LogP contribution >= 0.6 is 0 Å². The monoisotopic (exact) mass is 242 g/mol. The maximum Gasteiger partial charge on any atom is 0.305 e. The number of methoxy groups -OCH3 is 1. The molecule has 0 bridgehead atoms. The van der Waals surface area contributed by atoms with Crippen molar-refractivity contribution in [3.05, 3.63) is 0 Å². The molecule has 2 rings (SSSR count). The van der Waals surface area contributed by atoms with Crippen LogP contribution in [0.15, 0.2) is 0 Å². The molecule has 0 radical (unpaired) electrons. The Labute approximate surface area is 103 Å². The summed E-state index contributed by atoms with van der Waals surface area (Å²) in [6.07, 6.45) is 1.37. The van der Waals surface area contributed by atoms with Gasteiger partial charge in [0.05, 0.1) is 20.3 Å². The largest absolute Gasteiger partial charge is 0.469 e. The molecule has 0 amide bonds. The highest BCUT2D eigenvalue weighted by Crippen LogP contribution is 2.63. The van der Waals surface area contributed by atoms with Crippen molar-refractivity contribution in [1.82, 2.24) is 0 Å². The Morgan fingerprint density at radius 2 is 1.82 bits per heavy atom. The third-order valence-electron chi connectivity index (χ3n) is 4.39. The van der Waals surface area contributed by atoms with E-state index in [1.807, 2.05) is 6.92 Å². The predicted octanol–water partition coefficient (Wildman–Crippen LogP) is 1.97. The van der Waals surface area contributed by atoms with E-state index in [1.54, 1.807) is 0 Å². The van der Waals surface area contributed by atoms with Gasteiger partial charge >= 0.3 is 5.97 Å². The van der Waals surface area contributed by atoms with E-state index in [-0.39, 0.29) is 11.4 Å². The van der Waals surface area contributed by atoms with Crippen molar-refractivity contribution >= 4 is 5.97 Å². The van der Waals surface area contributed by atoms with E-state index < -0.39 is 5.79 Å². The minimum atomic E-state index is -0.452. The van der Waals surface area contributed by atoms with Gasteiger partial charge in [-0.1, -0.05) is 13.8 Å². The van der Waals surface area contributed by atoms with Gasteiger partial charge in [-0.3, -0.25) is 4.79 Å². The molecule has 1 aliphatic carbocycles. The quantitative estimate of drug-likeness (QED) is 0.707. The Morgan fingerprint density at radius 1 is 1.24 bits per heavy atom. The van der Waals surface area contributed by atoms with E-state index in [0.29, 0.717) is 31.5 Å². The maximum atomic E-state index is 11.3. The van der Waals surface area contributed by atoms with Crippen LogP contribution in [0, 0.1) is 17.3 Å². The molecule has 1 saturated heterocycles. The van der Waals surface area contributed by atoms with Crippen molar-refractivity contribution in [2.75, 3.05) is 20.3 Å². The van der Waals surface area contributed by atoms with E-state index in [9.17, 15) is 4.79 Å². The first kappa shape index (κ1) is 12.8. The highest BCUT2D eigenvalue weighted by Gasteiger charge is 2.60. The second-order valence-electron chi connectivity index (χ2n) is 5.85. The number of rotatable bonds is 4. The predicted molar refractivity (Wildman–Crippen MR) is 62.3 cm³/mol. The molecular weight excluding hydrogens is 220 g/mol. The van der Waals surface area contributed by atoms with Gasteiger partial charge in [-0.15, -0.1) is 0 Å². The fourth-order valence-electron chi connectivity index (χ4n) is 3.01. The molecule has 0 aromatic carbocycles. The molecule has 0 aromatic heterocycles. The van der Waals surface area contributed by atoms with Gasteiger partial charge in [0, 0.05) is 12.8 Å². The number of ether oxygens (including phenoxy) is 3. The smallest absolute Gasteiger partial charge is 0.305 e. The SMILES string of the molecule is COC(=O)C[C@@H]1[C@H](CC2(C)OCCO2)C1(C)C. The highest BCUT2D eigenvalue weighted by atomic mass is 16.7. The van der Waals surface area contributed by atoms with Crippen molar-refractivity contribution in [3.8, 4) is 0 Å². The zero-order chi connectivity index (χ0) is 12.7. The molecule has 2 atom stereocenters. The molecule has 1 heterocycles. The van der Waals surface area contributed by atoms with Gasteiger partial charge < -0.3 is 14.2 Å². The van der Waals surface area contributed by atoms with Crippen LogP contribution in [0.1, 0.15) is 33.6 Å². The number of hydrogen-bond acceptors (Lipinski definition) is 4. The number of carbonyl (C=O) groups excluding carboxylic acids is 1. The average molecular weight is 242 g/mol. The van der Waals surface area contributed by atoms with Gasteiger partial charge in [0.15, 0.2) is 5.79 Å². The summed E-state index contributed by atoms with van der Waals surface area (Å²) in [5.41, 5.74) is 0.187. The lowest BCUT2D eigenvalue weighted by atomic mass is 10.0. The molecule has 4 nitrogen and oxygen atoms in total. The molecule has 2 aliphatic rings. The molecule has 17 heavy (non-hydrogen) atoms. The lowest BCUT2D eigenvalue weighted by Gasteiger charge is -2.22. The maximum absolute atomic E-state index is 11.3. The summed E-state index contributed by atoms with van der Waals surface area (Å²) < 4.78 is 16.0. The highest BCUT2D eigenvalue weighted by molar-refractivity contribution is 5.70. The van der Waals surface area contributed by atoms with E-state index >= 15 is 0 Å². The van der Waals surface area contributed by atoms with Crippen LogP contribution in [0.3, 0.4) is 0 Å². The van der Waals surface area contributed by atoms with Crippen LogP contribution in [0.25, 0.3) is 0 Å².